The van der Waals surface area contributed by atoms with Crippen molar-refractivity contribution in [1.29, 1.82) is 0 Å². The van der Waals surface area contributed by atoms with Crippen molar-refractivity contribution in [2.75, 3.05) is 33.0 Å². The van der Waals surface area contributed by atoms with E-state index in [9.17, 15) is 0 Å². The molecule has 0 saturated carbocycles. The fraction of sp³-hybridized carbons (Fsp3) is 0.684. The molecule has 1 aromatic carbocycles. The molecule has 132 valence electrons. The molecule has 1 atom stereocenters. The molecule has 5 heteroatoms. The molecule has 0 unspecified atom stereocenters. The van der Waals surface area contributed by atoms with E-state index >= 15 is 0 Å². The van der Waals surface area contributed by atoms with E-state index in [-0.39, 0.29) is 5.60 Å². The van der Waals surface area contributed by atoms with Gasteiger partial charge in [0.2, 0.25) is 0 Å². The molecule has 5 nitrogen and oxygen atoms in total. The van der Waals surface area contributed by atoms with Gasteiger partial charge in [-0.3, -0.25) is 0 Å². The summed E-state index contributed by atoms with van der Waals surface area (Å²) in [6.45, 7) is 4.82. The molecule has 3 aliphatic rings. The topological polar surface area (TPSA) is 49.0 Å². The van der Waals surface area contributed by atoms with Gasteiger partial charge in [0, 0.05) is 38.8 Å². The lowest BCUT2D eigenvalue weighted by atomic mass is 9.84. The second-order valence-corrected chi connectivity index (χ2v) is 7.05. The van der Waals surface area contributed by atoms with Gasteiger partial charge in [-0.15, -0.1) is 0 Å². The Labute approximate surface area is 143 Å². The number of ether oxygens (including phenoxy) is 4. The zero-order chi connectivity index (χ0) is 16.2. The molecule has 0 amide bonds. The highest BCUT2D eigenvalue weighted by Gasteiger charge is 2.38. The normalized spacial score (nSPS) is 26.1. The Hall–Kier alpha value is -1.30. The summed E-state index contributed by atoms with van der Waals surface area (Å²) in [6.07, 6.45) is 5.15. The molecule has 0 bridgehead atoms. The Morgan fingerprint density at radius 3 is 2.71 bits per heavy atom. The first-order chi connectivity index (χ1) is 11.8. The molecular formula is C19H27NO4. The summed E-state index contributed by atoms with van der Waals surface area (Å²) in [4.78, 5) is 0. The molecule has 2 fully saturated rings. The molecule has 3 heterocycles. The van der Waals surface area contributed by atoms with Crippen LogP contribution in [-0.4, -0.2) is 44.7 Å². The van der Waals surface area contributed by atoms with E-state index in [4.69, 9.17) is 18.9 Å². The Balaban J connectivity index is 1.35. The molecule has 3 aliphatic heterocycles. The van der Waals surface area contributed by atoms with Crippen molar-refractivity contribution < 1.29 is 18.9 Å². The second kappa shape index (κ2) is 7.30. The summed E-state index contributed by atoms with van der Waals surface area (Å²) >= 11 is 0. The smallest absolute Gasteiger partial charge is 0.161 e. The Morgan fingerprint density at radius 1 is 1.00 bits per heavy atom. The zero-order valence-corrected chi connectivity index (χ0v) is 14.2. The van der Waals surface area contributed by atoms with Crippen LogP contribution in [-0.2, 0) is 16.0 Å². The Bertz CT molecular complexity index is 551. The third-order valence-electron chi connectivity index (χ3n) is 5.30. The van der Waals surface area contributed by atoms with Gasteiger partial charge in [0.25, 0.3) is 0 Å². The Kier molecular flexibility index (Phi) is 4.92. The van der Waals surface area contributed by atoms with E-state index < -0.39 is 0 Å². The summed E-state index contributed by atoms with van der Waals surface area (Å²) in [7, 11) is 0. The van der Waals surface area contributed by atoms with Crippen LogP contribution in [0.3, 0.4) is 0 Å². The van der Waals surface area contributed by atoms with Crippen LogP contribution in [0.15, 0.2) is 18.2 Å². The van der Waals surface area contributed by atoms with Crippen LogP contribution in [0.2, 0.25) is 0 Å². The molecule has 1 aromatic rings. The second-order valence-electron chi connectivity index (χ2n) is 7.05. The summed E-state index contributed by atoms with van der Waals surface area (Å²) in [6, 6.07) is 6.77. The summed E-state index contributed by atoms with van der Waals surface area (Å²) in [5.41, 5.74) is 1.28. The van der Waals surface area contributed by atoms with E-state index in [1.54, 1.807) is 0 Å². The molecular weight excluding hydrogens is 306 g/mol. The van der Waals surface area contributed by atoms with E-state index in [1.807, 2.05) is 6.07 Å². The SMILES string of the molecule is c1cc2c(cc1CN[C@@H]1CCOC3(CCOCC3)C1)OCCCO2. The van der Waals surface area contributed by atoms with Crippen molar-refractivity contribution >= 4 is 0 Å². The number of fused-ring (bicyclic) bond motifs is 1. The number of rotatable bonds is 3. The van der Waals surface area contributed by atoms with Gasteiger partial charge in [0.1, 0.15) is 0 Å². The highest BCUT2D eigenvalue weighted by atomic mass is 16.5. The lowest BCUT2D eigenvalue weighted by molar-refractivity contribution is -0.140. The van der Waals surface area contributed by atoms with Crippen molar-refractivity contribution in [2.24, 2.45) is 0 Å². The van der Waals surface area contributed by atoms with Gasteiger partial charge in [-0.2, -0.15) is 0 Å². The van der Waals surface area contributed by atoms with Gasteiger partial charge < -0.3 is 24.3 Å². The molecule has 1 spiro atoms. The van der Waals surface area contributed by atoms with Crippen LogP contribution in [0.25, 0.3) is 0 Å². The molecule has 0 radical (unpaired) electrons. The predicted octanol–water partition coefficient (Wildman–Crippen LogP) is 2.67. The van der Waals surface area contributed by atoms with Crippen molar-refractivity contribution in [3.63, 3.8) is 0 Å². The minimum Gasteiger partial charge on any atom is -0.490 e. The zero-order valence-electron chi connectivity index (χ0n) is 14.2. The highest BCUT2D eigenvalue weighted by molar-refractivity contribution is 5.43. The average molecular weight is 333 g/mol. The maximum absolute atomic E-state index is 6.12. The minimum absolute atomic E-state index is 0.0406. The van der Waals surface area contributed by atoms with Crippen molar-refractivity contribution in [3.05, 3.63) is 23.8 Å². The lowest BCUT2D eigenvalue weighted by Crippen LogP contribution is -2.49. The number of nitrogens with one attached hydrogen (secondary N) is 1. The van der Waals surface area contributed by atoms with E-state index in [0.717, 1.165) is 83.2 Å². The number of hydrogen-bond acceptors (Lipinski definition) is 5. The number of benzene rings is 1. The van der Waals surface area contributed by atoms with Gasteiger partial charge >= 0.3 is 0 Å². The lowest BCUT2D eigenvalue weighted by Gasteiger charge is -2.43. The molecule has 1 N–H and O–H groups in total. The quantitative estimate of drug-likeness (QED) is 0.921. The predicted molar refractivity (Wildman–Crippen MR) is 90.6 cm³/mol. The highest BCUT2D eigenvalue weighted by Crippen LogP contribution is 2.35. The minimum atomic E-state index is 0.0406. The number of hydrogen-bond donors (Lipinski definition) is 1. The molecule has 2 saturated heterocycles. The van der Waals surface area contributed by atoms with Crippen LogP contribution in [0.4, 0.5) is 0 Å². The molecule has 4 rings (SSSR count). The van der Waals surface area contributed by atoms with Gasteiger partial charge in [-0.1, -0.05) is 6.07 Å². The van der Waals surface area contributed by atoms with Crippen molar-refractivity contribution in [2.45, 2.75) is 50.3 Å². The van der Waals surface area contributed by atoms with Gasteiger partial charge in [0.15, 0.2) is 11.5 Å². The van der Waals surface area contributed by atoms with Crippen LogP contribution < -0.4 is 14.8 Å². The Morgan fingerprint density at radius 2 is 1.83 bits per heavy atom. The third kappa shape index (κ3) is 3.68. The molecule has 0 aromatic heterocycles. The van der Waals surface area contributed by atoms with Crippen LogP contribution in [0, 0.1) is 0 Å². The fourth-order valence-corrected chi connectivity index (χ4v) is 3.87. The molecule has 0 aliphatic carbocycles. The summed E-state index contributed by atoms with van der Waals surface area (Å²) < 4.78 is 23.1. The first kappa shape index (κ1) is 16.2. The van der Waals surface area contributed by atoms with E-state index in [0.29, 0.717) is 6.04 Å². The van der Waals surface area contributed by atoms with E-state index in [2.05, 4.69) is 17.4 Å². The summed E-state index contributed by atoms with van der Waals surface area (Å²) in [5.74, 6) is 1.74. The summed E-state index contributed by atoms with van der Waals surface area (Å²) in [5, 5.41) is 3.71. The first-order valence-electron chi connectivity index (χ1n) is 9.17. The fourth-order valence-electron chi connectivity index (χ4n) is 3.87. The maximum atomic E-state index is 6.12. The maximum Gasteiger partial charge on any atom is 0.161 e. The van der Waals surface area contributed by atoms with Crippen molar-refractivity contribution in [3.8, 4) is 11.5 Å². The molecule has 24 heavy (non-hydrogen) atoms. The van der Waals surface area contributed by atoms with Crippen LogP contribution in [0.1, 0.15) is 37.7 Å². The monoisotopic (exact) mass is 333 g/mol. The van der Waals surface area contributed by atoms with Crippen LogP contribution in [0.5, 0.6) is 11.5 Å². The first-order valence-corrected chi connectivity index (χ1v) is 9.17. The van der Waals surface area contributed by atoms with Gasteiger partial charge in [-0.25, -0.2) is 0 Å². The largest absolute Gasteiger partial charge is 0.490 e. The van der Waals surface area contributed by atoms with Gasteiger partial charge in [0.05, 0.1) is 18.8 Å². The third-order valence-corrected chi connectivity index (χ3v) is 5.30. The van der Waals surface area contributed by atoms with Crippen LogP contribution >= 0.6 is 0 Å². The average Bonchev–Trinajstić information content (AvgIpc) is 2.86. The van der Waals surface area contributed by atoms with Gasteiger partial charge in [-0.05, 0) is 43.4 Å². The van der Waals surface area contributed by atoms with E-state index in [1.165, 1.54) is 5.56 Å². The standard InChI is InChI=1S/C19H27NO4/c1-7-22-17-3-2-15(12-18(17)23-8-1)14-20-16-4-9-24-19(13-16)5-10-21-11-6-19/h2-3,12,16,20H,1,4-11,13-14H2/t16-/m1/s1. The van der Waals surface area contributed by atoms with Crippen molar-refractivity contribution in [1.82, 2.24) is 5.32 Å².